The lowest BCUT2D eigenvalue weighted by Gasteiger charge is -2.15. The monoisotopic (exact) mass is 1400 g/mol. The van der Waals surface area contributed by atoms with Crippen molar-refractivity contribution in [3.05, 3.63) is 376 Å². The first-order valence-corrected chi connectivity index (χ1v) is 38.4. The molecule has 0 amide bonds. The standard InChI is InChI=1S/C96H62N4O4S2/c101-105(102,77-26-6-2-7-27-77)79-46-42-73(43-47-79)97-89-34-14-10-30-81(89)85-59-66(38-50-93(85)97)68-40-52-95-87(61-68)83-32-12-16-36-91(83)99(95)75-24-18-22-64(57-75)71-54-70(63-20-4-1-5-21-63)55-72(56-71)65-23-19-25-76(58-65)100-92-37-17-13-33-84(92)88-62-69(41-53-96(88)100)67-39-51-94-86(60-67)82-31-11-15-35-90(82)98(94)74-44-48-80(49-45-74)106(103,104)78-28-8-3-9-29-78/h1-62H. The minimum absolute atomic E-state index is 0.255. The lowest BCUT2D eigenvalue weighted by atomic mass is 9.93. The zero-order valence-corrected chi connectivity index (χ0v) is 58.7. The van der Waals surface area contributed by atoms with Crippen molar-refractivity contribution in [3.63, 3.8) is 0 Å². The van der Waals surface area contributed by atoms with Crippen LogP contribution in [0.25, 0.3) is 166 Å². The minimum Gasteiger partial charge on any atom is -0.309 e. The zero-order chi connectivity index (χ0) is 70.8. The molecule has 0 atom stereocenters. The summed E-state index contributed by atoms with van der Waals surface area (Å²) >= 11 is 0. The number of hydrogen-bond acceptors (Lipinski definition) is 4. The summed E-state index contributed by atoms with van der Waals surface area (Å²) in [7, 11) is -7.36. The Labute approximate surface area is 611 Å². The van der Waals surface area contributed by atoms with Crippen LogP contribution in [0.4, 0.5) is 0 Å². The molecule has 0 spiro atoms. The maximum absolute atomic E-state index is 13.6. The van der Waals surface area contributed by atoms with Crippen LogP contribution in [0.15, 0.2) is 396 Å². The first-order valence-electron chi connectivity index (χ1n) is 35.4. The molecule has 0 bridgehead atoms. The van der Waals surface area contributed by atoms with Crippen LogP contribution in [0.3, 0.4) is 0 Å². The van der Waals surface area contributed by atoms with Gasteiger partial charge in [0, 0.05) is 65.8 Å². The molecule has 0 saturated heterocycles. The molecule has 106 heavy (non-hydrogen) atoms. The smallest absolute Gasteiger partial charge is 0.206 e. The Morgan fingerprint density at radius 1 is 0.151 bits per heavy atom. The molecule has 0 fully saturated rings. The van der Waals surface area contributed by atoms with E-state index in [1.807, 2.05) is 36.4 Å². The number of aromatic nitrogens is 4. The molecule has 0 saturated carbocycles. The quantitative estimate of drug-likeness (QED) is 0.115. The number of benzene rings is 16. The molecule has 4 heterocycles. The summed E-state index contributed by atoms with van der Waals surface area (Å²) in [5.41, 5.74) is 23.6. The fourth-order valence-corrected chi connectivity index (χ4v) is 18.7. The second-order valence-corrected chi connectivity index (χ2v) is 31.1. The highest BCUT2D eigenvalue weighted by Crippen LogP contribution is 2.44. The van der Waals surface area contributed by atoms with Gasteiger partial charge in [0.15, 0.2) is 0 Å². The molecule has 0 aliphatic carbocycles. The van der Waals surface area contributed by atoms with Gasteiger partial charge < -0.3 is 18.3 Å². The largest absolute Gasteiger partial charge is 0.309 e. The lowest BCUT2D eigenvalue weighted by Crippen LogP contribution is -2.02. The van der Waals surface area contributed by atoms with E-state index in [-0.39, 0.29) is 19.6 Å². The van der Waals surface area contributed by atoms with E-state index in [0.29, 0.717) is 0 Å². The van der Waals surface area contributed by atoms with E-state index in [9.17, 15) is 16.8 Å². The highest BCUT2D eigenvalue weighted by molar-refractivity contribution is 7.91. The van der Waals surface area contributed by atoms with Gasteiger partial charge in [-0.2, -0.15) is 0 Å². The normalized spacial score (nSPS) is 12.1. The average Bonchev–Trinajstić information content (AvgIpc) is 1.59. The van der Waals surface area contributed by atoms with E-state index >= 15 is 0 Å². The van der Waals surface area contributed by atoms with Crippen molar-refractivity contribution in [2.45, 2.75) is 19.6 Å². The van der Waals surface area contributed by atoms with E-state index in [0.717, 1.165) is 155 Å². The van der Waals surface area contributed by atoms with Gasteiger partial charge in [-0.25, -0.2) is 16.8 Å². The van der Waals surface area contributed by atoms with Gasteiger partial charge >= 0.3 is 0 Å². The second kappa shape index (κ2) is 24.7. The third kappa shape index (κ3) is 10.2. The van der Waals surface area contributed by atoms with Gasteiger partial charge in [0.1, 0.15) is 0 Å². The van der Waals surface area contributed by atoms with Gasteiger partial charge in [0.25, 0.3) is 0 Å². The Kier molecular flexibility index (Phi) is 14.5. The zero-order valence-electron chi connectivity index (χ0n) is 57.0. The summed E-state index contributed by atoms with van der Waals surface area (Å²) in [6, 6.07) is 128. The van der Waals surface area contributed by atoms with Crippen molar-refractivity contribution < 1.29 is 16.8 Å². The Balaban J connectivity index is 0.638. The third-order valence-electron chi connectivity index (χ3n) is 21.2. The molecular formula is C96H62N4O4S2. The van der Waals surface area contributed by atoms with Crippen molar-refractivity contribution in [1.82, 2.24) is 18.3 Å². The molecule has 0 radical (unpaired) electrons. The summed E-state index contributed by atoms with van der Waals surface area (Å²) in [6.07, 6.45) is 0. The molecular weight excluding hydrogens is 1340 g/mol. The molecule has 0 aliphatic rings. The molecule has 16 aromatic carbocycles. The van der Waals surface area contributed by atoms with E-state index in [2.05, 4.69) is 285 Å². The predicted octanol–water partition coefficient (Wildman–Crippen LogP) is 24.1. The SMILES string of the molecule is O=S(=O)(c1ccccc1)c1ccc(-n2c3ccccc3c3cc(-c4ccc5c(c4)c4ccccc4n5-c4cccc(-c5cc(-c6ccccc6)cc(-c6cccc(-n7c8ccccc8c8cc(-c9ccc%10c(c9)c9ccccc9n%10-c9ccc(S(=O)(=O)c%10ccccc%10)cc9)ccc87)c6)c5)c4)ccc32)cc1. The maximum atomic E-state index is 13.6. The number of rotatable bonds is 13. The summed E-state index contributed by atoms with van der Waals surface area (Å²) < 4.78 is 63.7. The Morgan fingerprint density at radius 3 is 0.726 bits per heavy atom. The molecule has 4 aromatic heterocycles. The number of sulfone groups is 2. The number of para-hydroxylation sites is 4. The van der Waals surface area contributed by atoms with Crippen LogP contribution in [-0.4, -0.2) is 35.1 Å². The molecule has 0 unspecified atom stereocenters. The number of fused-ring (bicyclic) bond motifs is 12. The second-order valence-electron chi connectivity index (χ2n) is 27.2. The van der Waals surface area contributed by atoms with E-state index < -0.39 is 19.7 Å². The van der Waals surface area contributed by atoms with Gasteiger partial charge in [-0.3, -0.25) is 0 Å². The fourth-order valence-electron chi connectivity index (χ4n) is 16.2. The molecule has 0 aliphatic heterocycles. The number of nitrogens with zero attached hydrogens (tertiary/aromatic N) is 4. The van der Waals surface area contributed by atoms with Crippen LogP contribution in [0, 0.1) is 0 Å². The molecule has 0 N–H and O–H groups in total. The molecule has 20 rings (SSSR count). The number of hydrogen-bond donors (Lipinski definition) is 0. The van der Waals surface area contributed by atoms with Crippen LogP contribution in [-0.2, 0) is 19.7 Å². The summed E-state index contributed by atoms with van der Waals surface area (Å²) in [5, 5.41) is 9.09. The van der Waals surface area contributed by atoms with E-state index in [4.69, 9.17) is 0 Å². The van der Waals surface area contributed by atoms with Crippen molar-refractivity contribution in [2.75, 3.05) is 0 Å². The summed E-state index contributed by atoms with van der Waals surface area (Å²) in [4.78, 5) is 1.05. The molecule has 8 nitrogen and oxygen atoms in total. The van der Waals surface area contributed by atoms with Crippen LogP contribution in [0.1, 0.15) is 0 Å². The van der Waals surface area contributed by atoms with Crippen molar-refractivity contribution >= 4 is 107 Å². The third-order valence-corrected chi connectivity index (χ3v) is 24.8. The maximum Gasteiger partial charge on any atom is 0.206 e. The first kappa shape index (κ1) is 62.4. The molecule has 10 heteroatoms. The Hall–Kier alpha value is -13.4. The van der Waals surface area contributed by atoms with Gasteiger partial charge in [0.2, 0.25) is 19.7 Å². The fraction of sp³-hybridized carbons (Fsp3) is 0. The van der Waals surface area contributed by atoms with Crippen LogP contribution in [0.2, 0.25) is 0 Å². The molecule has 502 valence electrons. The highest BCUT2D eigenvalue weighted by Gasteiger charge is 2.24. The lowest BCUT2D eigenvalue weighted by molar-refractivity contribution is 0.594. The Morgan fingerprint density at radius 2 is 0.396 bits per heavy atom. The van der Waals surface area contributed by atoms with Crippen molar-refractivity contribution in [2.24, 2.45) is 0 Å². The first-order chi connectivity index (χ1) is 52.1. The summed E-state index contributed by atoms with van der Waals surface area (Å²) in [5.74, 6) is 0. The topological polar surface area (TPSA) is 88.0 Å². The van der Waals surface area contributed by atoms with E-state index in [1.54, 1.807) is 72.8 Å². The van der Waals surface area contributed by atoms with Crippen molar-refractivity contribution in [3.8, 4) is 78.4 Å². The minimum atomic E-state index is -3.68. The van der Waals surface area contributed by atoms with Crippen LogP contribution in [0.5, 0.6) is 0 Å². The van der Waals surface area contributed by atoms with Gasteiger partial charge in [0.05, 0.1) is 63.7 Å². The Bertz CT molecular complexity index is 6790. The molecule has 20 aromatic rings. The van der Waals surface area contributed by atoms with Crippen LogP contribution < -0.4 is 0 Å². The highest BCUT2D eigenvalue weighted by atomic mass is 32.2. The van der Waals surface area contributed by atoms with Crippen molar-refractivity contribution in [1.29, 1.82) is 0 Å². The average molecular weight is 1400 g/mol. The van der Waals surface area contributed by atoms with Crippen LogP contribution >= 0.6 is 0 Å². The van der Waals surface area contributed by atoms with E-state index in [1.165, 1.54) is 10.8 Å². The van der Waals surface area contributed by atoms with Gasteiger partial charge in [-0.05, 0) is 244 Å². The summed E-state index contributed by atoms with van der Waals surface area (Å²) in [6.45, 7) is 0. The van der Waals surface area contributed by atoms with Gasteiger partial charge in [-0.15, -0.1) is 0 Å². The predicted molar refractivity (Wildman–Crippen MR) is 435 cm³/mol. The van der Waals surface area contributed by atoms with Gasteiger partial charge in [-0.1, -0.05) is 188 Å².